The van der Waals surface area contributed by atoms with Crippen molar-refractivity contribution in [3.63, 3.8) is 0 Å². The first-order chi connectivity index (χ1) is 31.9. The van der Waals surface area contributed by atoms with E-state index in [1.807, 2.05) is 83.8 Å². The van der Waals surface area contributed by atoms with Crippen LogP contribution in [-0.4, -0.2) is 0 Å². The Labute approximate surface area is 362 Å². The van der Waals surface area contributed by atoms with E-state index in [9.17, 15) is 5.48 Å². The highest BCUT2D eigenvalue weighted by Crippen LogP contribution is 2.42. The molecule has 0 aliphatic carbocycles. The summed E-state index contributed by atoms with van der Waals surface area (Å²) in [6, 6.07) is 76.2. The molecular formula is C60H41N. The second-order valence-corrected chi connectivity index (χ2v) is 15.4. The third-order valence-electron chi connectivity index (χ3n) is 11.7. The lowest BCUT2D eigenvalue weighted by molar-refractivity contribution is 1.28. The summed E-state index contributed by atoms with van der Waals surface area (Å²) in [7, 11) is 0. The number of rotatable bonds is 8. The predicted octanol–water partition coefficient (Wildman–Crippen LogP) is 17.0. The van der Waals surface area contributed by atoms with Crippen molar-refractivity contribution in [2.75, 3.05) is 4.90 Å². The van der Waals surface area contributed by atoms with Gasteiger partial charge in [0.25, 0.3) is 0 Å². The predicted molar refractivity (Wildman–Crippen MR) is 261 cm³/mol. The monoisotopic (exact) mass is 779 g/mol. The molecule has 11 rings (SSSR count). The van der Waals surface area contributed by atoms with Crippen LogP contribution in [0.5, 0.6) is 0 Å². The average molecular weight is 780 g/mol. The van der Waals surface area contributed by atoms with Crippen LogP contribution in [0.25, 0.3) is 88.0 Å². The van der Waals surface area contributed by atoms with Crippen LogP contribution in [0, 0.1) is 0 Å². The minimum Gasteiger partial charge on any atom is -0.311 e. The summed E-state index contributed by atoms with van der Waals surface area (Å²) >= 11 is 0. The molecule has 0 aliphatic rings. The molecule has 61 heavy (non-hydrogen) atoms. The number of fused-ring (bicyclic) bond motifs is 3. The Kier molecular flexibility index (Phi) is 8.18. The first kappa shape index (κ1) is 31.9. The van der Waals surface area contributed by atoms with Crippen LogP contribution in [0.15, 0.2) is 249 Å². The van der Waals surface area contributed by atoms with E-state index in [4.69, 9.17) is 0 Å². The largest absolute Gasteiger partial charge is 0.311 e. The molecule has 1 heteroatoms. The Morgan fingerprint density at radius 2 is 0.754 bits per heavy atom. The molecule has 0 amide bonds. The van der Waals surface area contributed by atoms with Gasteiger partial charge in [0.05, 0.1) is 5.48 Å². The molecule has 0 spiro atoms. The zero-order valence-corrected chi connectivity index (χ0v) is 33.3. The fourth-order valence-electron chi connectivity index (χ4n) is 8.65. The molecule has 1 nitrogen and oxygen atoms in total. The van der Waals surface area contributed by atoms with Gasteiger partial charge in [-0.2, -0.15) is 0 Å². The first-order valence-electron chi connectivity index (χ1n) is 22.7. The van der Waals surface area contributed by atoms with Crippen LogP contribution < -0.4 is 4.90 Å². The molecule has 11 aromatic carbocycles. The zero-order valence-electron chi connectivity index (χ0n) is 37.3. The topological polar surface area (TPSA) is 3.24 Å². The van der Waals surface area contributed by atoms with Gasteiger partial charge in [-0.05, 0) is 130 Å². The molecule has 286 valence electrons. The normalized spacial score (nSPS) is 12.2. The fraction of sp³-hybridized carbons (Fsp3) is 0. The van der Waals surface area contributed by atoms with Gasteiger partial charge in [0, 0.05) is 17.1 Å². The van der Waals surface area contributed by atoms with Gasteiger partial charge in [0.2, 0.25) is 0 Å². The lowest BCUT2D eigenvalue weighted by Crippen LogP contribution is -2.09. The highest BCUT2D eigenvalue weighted by Gasteiger charge is 2.17. The van der Waals surface area contributed by atoms with E-state index in [1.54, 1.807) is 0 Å². The first-order valence-corrected chi connectivity index (χ1v) is 20.7. The molecule has 0 atom stereocenters. The zero-order chi connectivity index (χ0) is 44.0. The molecule has 0 heterocycles. The van der Waals surface area contributed by atoms with Crippen molar-refractivity contribution in [3.05, 3.63) is 249 Å². The molecule has 0 N–H and O–H groups in total. The molecule has 0 fully saturated rings. The van der Waals surface area contributed by atoms with Gasteiger partial charge in [0.1, 0.15) is 0 Å². The summed E-state index contributed by atoms with van der Waals surface area (Å²) < 4.78 is 38.2. The third kappa shape index (κ3) is 6.93. The van der Waals surface area contributed by atoms with E-state index in [1.165, 1.54) is 5.39 Å². The summed E-state index contributed by atoms with van der Waals surface area (Å²) in [6.07, 6.45) is 0. The van der Waals surface area contributed by atoms with E-state index in [0.29, 0.717) is 16.9 Å². The number of nitrogens with zero attached hydrogens (tertiary/aromatic N) is 1. The molecule has 0 bridgehead atoms. The minimum absolute atomic E-state index is 0.100. The van der Waals surface area contributed by atoms with Crippen molar-refractivity contribution < 1.29 is 5.48 Å². The molecule has 0 aliphatic heterocycles. The lowest BCUT2D eigenvalue weighted by atomic mass is 9.89. The van der Waals surface area contributed by atoms with Gasteiger partial charge in [-0.15, -0.1) is 0 Å². The Hall–Kier alpha value is -8.00. The van der Waals surface area contributed by atoms with E-state index in [-0.39, 0.29) is 35.4 Å². The summed E-state index contributed by atoms with van der Waals surface area (Å²) in [5.74, 6) is 0. The SMILES string of the molecule is [2H]c1c([2H])c(N(c2ccc(-c3ccc4ccccc4c3)cc2)c2ccc(-c3c(-c4ccccc4)ccc4ccccc34)cc2)c([2H])c([2H])c1-c1ccc(-c2cccc3ccccc23)cc1. The summed E-state index contributed by atoms with van der Waals surface area (Å²) in [5.41, 5.74) is 11.1. The van der Waals surface area contributed by atoms with Crippen molar-refractivity contribution in [2.45, 2.75) is 0 Å². The maximum absolute atomic E-state index is 9.63. The molecule has 0 saturated heterocycles. The molecule has 0 unspecified atom stereocenters. The standard InChI is InChI=1S/C60H41N/c1-2-12-47(13-3-1)59-40-33-48-15-7-9-19-58(48)60(59)50-31-38-55(39-32-50)61(54-36-29-45(30-37-54)52-26-23-42-11-4-5-16-51(42)41-52)53-34-27-44(28-35-53)43-21-24-49(25-22-43)57-20-10-17-46-14-6-8-18-56(46)57/h1-41H/i27D,28D,34D,35D. The molecule has 11 aromatic rings. The molecule has 0 aromatic heterocycles. The molecule has 0 saturated carbocycles. The Morgan fingerprint density at radius 3 is 1.48 bits per heavy atom. The van der Waals surface area contributed by atoms with E-state index >= 15 is 0 Å². The van der Waals surface area contributed by atoms with Crippen LogP contribution in [0.4, 0.5) is 17.1 Å². The van der Waals surface area contributed by atoms with Gasteiger partial charge in [-0.3, -0.25) is 0 Å². The van der Waals surface area contributed by atoms with E-state index < -0.39 is 0 Å². The van der Waals surface area contributed by atoms with Crippen molar-refractivity contribution in [1.29, 1.82) is 0 Å². The second kappa shape index (κ2) is 15.6. The number of hydrogen-bond donors (Lipinski definition) is 0. The Bertz CT molecular complexity index is 3530. The fourth-order valence-corrected chi connectivity index (χ4v) is 8.65. The van der Waals surface area contributed by atoms with Gasteiger partial charge >= 0.3 is 0 Å². The van der Waals surface area contributed by atoms with Gasteiger partial charge in [-0.1, -0.05) is 206 Å². The van der Waals surface area contributed by atoms with Crippen LogP contribution in [-0.2, 0) is 0 Å². The summed E-state index contributed by atoms with van der Waals surface area (Å²) in [4.78, 5) is 1.86. The highest BCUT2D eigenvalue weighted by molar-refractivity contribution is 6.04. The van der Waals surface area contributed by atoms with Crippen LogP contribution in [0.3, 0.4) is 0 Å². The maximum atomic E-state index is 9.63. The number of benzene rings is 11. The van der Waals surface area contributed by atoms with Crippen molar-refractivity contribution in [2.24, 2.45) is 0 Å². The van der Waals surface area contributed by atoms with Crippen LogP contribution in [0.1, 0.15) is 5.48 Å². The Balaban J connectivity index is 1.04. The van der Waals surface area contributed by atoms with Crippen LogP contribution in [0.2, 0.25) is 0 Å². The van der Waals surface area contributed by atoms with Crippen molar-refractivity contribution >= 4 is 49.4 Å². The third-order valence-corrected chi connectivity index (χ3v) is 11.7. The number of anilines is 3. The molecule has 0 radical (unpaired) electrons. The van der Waals surface area contributed by atoms with Gasteiger partial charge < -0.3 is 4.90 Å². The molecular weight excluding hydrogens is 735 g/mol. The van der Waals surface area contributed by atoms with Gasteiger partial charge in [-0.25, -0.2) is 0 Å². The highest BCUT2D eigenvalue weighted by atomic mass is 15.1. The lowest BCUT2D eigenvalue weighted by Gasteiger charge is -2.26. The Morgan fingerprint density at radius 1 is 0.262 bits per heavy atom. The summed E-state index contributed by atoms with van der Waals surface area (Å²) in [6.45, 7) is 0. The van der Waals surface area contributed by atoms with E-state index in [0.717, 1.165) is 71.4 Å². The van der Waals surface area contributed by atoms with Gasteiger partial charge in [0.15, 0.2) is 0 Å². The maximum Gasteiger partial charge on any atom is 0.0645 e. The van der Waals surface area contributed by atoms with Crippen molar-refractivity contribution in [1.82, 2.24) is 0 Å². The smallest absolute Gasteiger partial charge is 0.0645 e. The summed E-state index contributed by atoms with van der Waals surface area (Å²) in [5, 5.41) is 6.91. The van der Waals surface area contributed by atoms with Crippen LogP contribution >= 0.6 is 0 Å². The average Bonchev–Trinajstić information content (AvgIpc) is 3.37. The van der Waals surface area contributed by atoms with Crippen molar-refractivity contribution in [3.8, 4) is 55.6 Å². The number of hydrogen-bond acceptors (Lipinski definition) is 1. The minimum atomic E-state index is -0.123. The second-order valence-electron chi connectivity index (χ2n) is 15.4. The quantitative estimate of drug-likeness (QED) is 0.148. The van der Waals surface area contributed by atoms with E-state index in [2.05, 4.69) is 146 Å².